The molecule has 0 saturated heterocycles. The van der Waals surface area contributed by atoms with Crippen molar-refractivity contribution in [2.24, 2.45) is 0 Å². The van der Waals surface area contributed by atoms with Gasteiger partial charge < -0.3 is 5.73 Å². The predicted molar refractivity (Wildman–Crippen MR) is 63.7 cm³/mol. The molecule has 1 heterocycles. The average molecular weight is 300 g/mol. The highest BCUT2D eigenvalue weighted by molar-refractivity contribution is 14.1. The Morgan fingerprint density at radius 3 is 3.00 bits per heavy atom. The van der Waals surface area contributed by atoms with Crippen molar-refractivity contribution in [1.29, 1.82) is 5.26 Å². The molecular formula is C9H5IN2S. The SMILES string of the molecule is N#Cc1c(I)cc2sccc2c1N. The van der Waals surface area contributed by atoms with E-state index in [-0.39, 0.29) is 0 Å². The van der Waals surface area contributed by atoms with Gasteiger partial charge in [-0.05, 0) is 40.1 Å². The molecule has 13 heavy (non-hydrogen) atoms. The van der Waals surface area contributed by atoms with Crippen molar-refractivity contribution in [2.75, 3.05) is 5.73 Å². The van der Waals surface area contributed by atoms with Gasteiger partial charge in [0, 0.05) is 13.7 Å². The van der Waals surface area contributed by atoms with Crippen LogP contribution in [0.1, 0.15) is 5.56 Å². The maximum absolute atomic E-state index is 8.86. The zero-order valence-electron chi connectivity index (χ0n) is 6.54. The van der Waals surface area contributed by atoms with Gasteiger partial charge in [-0.2, -0.15) is 5.26 Å². The third-order valence-electron chi connectivity index (χ3n) is 1.86. The molecular weight excluding hydrogens is 295 g/mol. The summed E-state index contributed by atoms with van der Waals surface area (Å²) in [7, 11) is 0. The second-order valence-electron chi connectivity index (χ2n) is 2.59. The lowest BCUT2D eigenvalue weighted by Crippen LogP contribution is -1.93. The molecule has 2 nitrogen and oxygen atoms in total. The zero-order chi connectivity index (χ0) is 9.42. The van der Waals surface area contributed by atoms with Crippen molar-refractivity contribution in [3.8, 4) is 6.07 Å². The highest BCUT2D eigenvalue weighted by atomic mass is 127. The van der Waals surface area contributed by atoms with E-state index in [0.717, 1.165) is 13.7 Å². The Morgan fingerprint density at radius 1 is 1.54 bits per heavy atom. The first-order valence-corrected chi connectivity index (χ1v) is 5.55. The minimum Gasteiger partial charge on any atom is -0.397 e. The van der Waals surface area contributed by atoms with Crippen LogP contribution < -0.4 is 5.73 Å². The molecule has 2 aromatic rings. The van der Waals surface area contributed by atoms with Gasteiger partial charge in [0.1, 0.15) is 6.07 Å². The van der Waals surface area contributed by atoms with E-state index in [1.165, 1.54) is 0 Å². The number of nitrogen functional groups attached to an aromatic ring is 1. The summed E-state index contributed by atoms with van der Waals surface area (Å²) in [4.78, 5) is 0. The van der Waals surface area contributed by atoms with Gasteiger partial charge in [-0.1, -0.05) is 0 Å². The number of anilines is 1. The van der Waals surface area contributed by atoms with Gasteiger partial charge in [0.25, 0.3) is 0 Å². The van der Waals surface area contributed by atoms with Crippen LogP contribution in [0.3, 0.4) is 0 Å². The summed E-state index contributed by atoms with van der Waals surface area (Å²) in [5.74, 6) is 0. The first-order chi connectivity index (χ1) is 6.24. The number of benzene rings is 1. The van der Waals surface area contributed by atoms with E-state index in [0.29, 0.717) is 11.3 Å². The lowest BCUT2D eigenvalue weighted by atomic mass is 10.1. The van der Waals surface area contributed by atoms with E-state index in [9.17, 15) is 0 Å². The van der Waals surface area contributed by atoms with Crippen molar-refractivity contribution in [3.63, 3.8) is 0 Å². The average Bonchev–Trinajstić information content (AvgIpc) is 2.53. The smallest absolute Gasteiger partial charge is 0.102 e. The number of nitrogens with zero attached hydrogens (tertiary/aromatic N) is 1. The third kappa shape index (κ3) is 1.28. The Labute approximate surface area is 93.1 Å². The van der Waals surface area contributed by atoms with Crippen LogP contribution in [-0.4, -0.2) is 0 Å². The first kappa shape index (κ1) is 8.78. The Morgan fingerprint density at radius 2 is 2.31 bits per heavy atom. The van der Waals surface area contributed by atoms with Crippen LogP contribution in [0.4, 0.5) is 5.69 Å². The van der Waals surface area contributed by atoms with E-state index in [2.05, 4.69) is 28.7 Å². The number of hydrogen-bond acceptors (Lipinski definition) is 3. The lowest BCUT2D eigenvalue weighted by Gasteiger charge is -2.01. The molecule has 0 aliphatic carbocycles. The molecule has 0 bridgehead atoms. The maximum atomic E-state index is 8.86. The predicted octanol–water partition coefficient (Wildman–Crippen LogP) is 2.96. The molecule has 0 atom stereocenters. The molecule has 0 aliphatic heterocycles. The Hall–Kier alpha value is -0.800. The normalized spacial score (nSPS) is 10.2. The van der Waals surface area contributed by atoms with E-state index in [1.807, 2.05) is 17.5 Å². The summed E-state index contributed by atoms with van der Waals surface area (Å²) in [5.41, 5.74) is 7.05. The standard InChI is InChI=1S/C9H5IN2S/c10-7-3-8-5(1-2-13-8)9(12)6(7)4-11/h1-3H,12H2. The van der Waals surface area contributed by atoms with Crippen LogP contribution in [0.15, 0.2) is 17.5 Å². The Kier molecular flexibility index (Phi) is 2.14. The second kappa shape index (κ2) is 3.16. The highest BCUT2D eigenvalue weighted by Crippen LogP contribution is 2.31. The van der Waals surface area contributed by atoms with Crippen LogP contribution in [0, 0.1) is 14.9 Å². The van der Waals surface area contributed by atoms with Crippen LogP contribution in [0.25, 0.3) is 10.1 Å². The molecule has 1 aromatic carbocycles. The third-order valence-corrected chi connectivity index (χ3v) is 3.58. The largest absolute Gasteiger partial charge is 0.397 e. The lowest BCUT2D eigenvalue weighted by molar-refractivity contribution is 1.48. The summed E-state index contributed by atoms with van der Waals surface area (Å²) in [6, 6.07) is 6.06. The van der Waals surface area contributed by atoms with Gasteiger partial charge in [0.15, 0.2) is 0 Å². The molecule has 0 saturated carbocycles. The molecule has 0 fully saturated rings. The molecule has 0 radical (unpaired) electrons. The molecule has 4 heteroatoms. The van der Waals surface area contributed by atoms with Crippen molar-refractivity contribution >= 4 is 49.7 Å². The van der Waals surface area contributed by atoms with Crippen LogP contribution in [0.2, 0.25) is 0 Å². The molecule has 1 aromatic heterocycles. The Bertz CT molecular complexity index is 510. The summed E-state index contributed by atoms with van der Waals surface area (Å²) in [5, 5.41) is 11.8. The fraction of sp³-hybridized carbons (Fsp3) is 0. The van der Waals surface area contributed by atoms with Crippen molar-refractivity contribution in [1.82, 2.24) is 0 Å². The van der Waals surface area contributed by atoms with Gasteiger partial charge in [0.05, 0.1) is 11.3 Å². The maximum Gasteiger partial charge on any atom is 0.102 e. The first-order valence-electron chi connectivity index (χ1n) is 3.59. The molecule has 0 spiro atoms. The summed E-state index contributed by atoms with van der Waals surface area (Å²) in [6.07, 6.45) is 0. The summed E-state index contributed by atoms with van der Waals surface area (Å²) < 4.78 is 2.06. The van der Waals surface area contributed by atoms with E-state index in [1.54, 1.807) is 11.3 Å². The zero-order valence-corrected chi connectivity index (χ0v) is 9.52. The number of hydrogen-bond donors (Lipinski definition) is 1. The quantitative estimate of drug-likeness (QED) is 0.600. The molecule has 64 valence electrons. The number of thiophene rings is 1. The van der Waals surface area contributed by atoms with Gasteiger partial charge in [-0.15, -0.1) is 11.3 Å². The molecule has 0 amide bonds. The second-order valence-corrected chi connectivity index (χ2v) is 4.70. The van der Waals surface area contributed by atoms with Crippen LogP contribution in [-0.2, 0) is 0 Å². The summed E-state index contributed by atoms with van der Waals surface area (Å²) in [6.45, 7) is 0. The van der Waals surface area contributed by atoms with Crippen molar-refractivity contribution in [2.45, 2.75) is 0 Å². The summed E-state index contributed by atoms with van der Waals surface area (Å²) >= 11 is 3.78. The molecule has 2 rings (SSSR count). The minimum absolute atomic E-state index is 0.589. The van der Waals surface area contributed by atoms with Crippen molar-refractivity contribution in [3.05, 3.63) is 26.6 Å². The van der Waals surface area contributed by atoms with E-state index in [4.69, 9.17) is 11.0 Å². The number of nitrogens with two attached hydrogens (primary N) is 1. The molecule has 0 unspecified atom stereocenters. The van der Waals surface area contributed by atoms with Crippen LogP contribution in [0.5, 0.6) is 0 Å². The van der Waals surface area contributed by atoms with Gasteiger partial charge >= 0.3 is 0 Å². The number of rotatable bonds is 0. The van der Waals surface area contributed by atoms with E-state index >= 15 is 0 Å². The Balaban J connectivity index is 2.95. The van der Waals surface area contributed by atoms with Crippen LogP contribution >= 0.6 is 33.9 Å². The number of halogens is 1. The monoisotopic (exact) mass is 300 g/mol. The fourth-order valence-electron chi connectivity index (χ4n) is 1.22. The number of fused-ring (bicyclic) bond motifs is 1. The fourth-order valence-corrected chi connectivity index (χ4v) is 2.99. The van der Waals surface area contributed by atoms with Crippen molar-refractivity contribution < 1.29 is 0 Å². The molecule has 0 aliphatic rings. The van der Waals surface area contributed by atoms with Gasteiger partial charge in [-0.25, -0.2) is 0 Å². The molecule has 2 N–H and O–H groups in total. The van der Waals surface area contributed by atoms with Gasteiger partial charge in [0.2, 0.25) is 0 Å². The number of nitriles is 1. The highest BCUT2D eigenvalue weighted by Gasteiger charge is 2.09. The topological polar surface area (TPSA) is 49.8 Å². The van der Waals surface area contributed by atoms with E-state index < -0.39 is 0 Å². The minimum atomic E-state index is 0.589. The van der Waals surface area contributed by atoms with Gasteiger partial charge in [-0.3, -0.25) is 0 Å².